The van der Waals surface area contributed by atoms with Crippen molar-refractivity contribution in [3.63, 3.8) is 0 Å². The van der Waals surface area contributed by atoms with Crippen LogP contribution in [0.4, 0.5) is 0 Å². The van der Waals surface area contributed by atoms with Gasteiger partial charge in [-0.1, -0.05) is 5.20 Å². The summed E-state index contributed by atoms with van der Waals surface area (Å²) < 4.78 is 5.80. The van der Waals surface area contributed by atoms with Crippen LogP contribution in [0.15, 0.2) is 11.8 Å². The Morgan fingerprint density at radius 1 is 1.31 bits per heavy atom. The molecule has 0 spiro atoms. The minimum absolute atomic E-state index is 0.340. The predicted octanol–water partition coefficient (Wildman–Crippen LogP) is -0.321. The van der Waals surface area contributed by atoms with Crippen LogP contribution in [0.2, 0.25) is 0 Å². The Hall–Kier alpha value is -0.163. The van der Waals surface area contributed by atoms with E-state index in [0.717, 1.165) is 10.2 Å². The van der Waals surface area contributed by atoms with Gasteiger partial charge in [0.05, 0.1) is 6.61 Å². The number of rotatable bonds is 5. The first-order valence-corrected chi connectivity index (χ1v) is 5.44. The summed E-state index contributed by atoms with van der Waals surface area (Å²) in [4.78, 5) is 4.11. The fourth-order valence-electron chi connectivity index (χ4n) is 0.918. The zero-order valence-electron chi connectivity index (χ0n) is 9.72. The zero-order valence-corrected chi connectivity index (χ0v) is 11.7. The second-order valence-electron chi connectivity index (χ2n) is 3.97. The molecule has 0 aliphatic heterocycles. The van der Waals surface area contributed by atoms with Crippen molar-refractivity contribution >= 4 is 10.2 Å². The average molecular weight is 202 g/mol. The predicted molar refractivity (Wildman–Crippen MR) is 60.8 cm³/mol. The van der Waals surface area contributed by atoms with Crippen molar-refractivity contribution in [2.45, 2.75) is 12.8 Å². The molecule has 3 nitrogen and oxygen atoms in total. The molecule has 0 aromatic heterocycles. The number of hydrogen-bond acceptors (Lipinski definition) is 3. The average Bonchev–Trinajstić information content (AvgIpc) is 1.99. The van der Waals surface area contributed by atoms with Crippen molar-refractivity contribution in [2.75, 3.05) is 34.8 Å². The second kappa shape index (κ2) is 4.90. The molecule has 0 atom stereocenters. The molecular formula is C9H22N2OSi. The maximum atomic E-state index is 5.80. The minimum atomic E-state index is -0.340. The summed E-state index contributed by atoms with van der Waals surface area (Å²) in [6.45, 7) is 6.58. The minimum Gasteiger partial charge on any atom is -0.343 e. The Bertz CT molecular complexity index is 172. The Morgan fingerprint density at radius 3 is 1.92 bits per heavy atom. The summed E-state index contributed by atoms with van der Waals surface area (Å²) in [5.41, 5.74) is 0. The van der Waals surface area contributed by atoms with E-state index in [1.807, 2.05) is 28.2 Å². The van der Waals surface area contributed by atoms with Gasteiger partial charge in [-0.15, -0.1) is 6.58 Å². The Labute approximate surface area is 84.8 Å². The summed E-state index contributed by atoms with van der Waals surface area (Å²) in [7, 11) is 9.04. The zero-order chi connectivity index (χ0) is 10.6. The largest absolute Gasteiger partial charge is 0.343 e. The van der Waals surface area contributed by atoms with E-state index in [4.69, 9.17) is 4.74 Å². The standard InChI is InChI=1S/C9H22N2OSi/c1-8(13)7-12-9(2,10(3)4)11(5)6/h1,7H2,2-6,13H3. The molecule has 0 aliphatic rings. The molecule has 0 saturated carbocycles. The molecule has 0 saturated heterocycles. The van der Waals surface area contributed by atoms with Gasteiger partial charge in [-0.25, -0.2) is 0 Å². The topological polar surface area (TPSA) is 15.7 Å². The normalized spacial score (nSPS) is 12.8. The molecule has 4 heteroatoms. The summed E-state index contributed by atoms with van der Waals surface area (Å²) >= 11 is 0. The first kappa shape index (κ1) is 12.8. The van der Waals surface area contributed by atoms with Gasteiger partial charge in [0.15, 0.2) is 5.85 Å². The lowest BCUT2D eigenvalue weighted by Gasteiger charge is -2.41. The van der Waals surface area contributed by atoms with E-state index in [0.29, 0.717) is 6.61 Å². The van der Waals surface area contributed by atoms with Crippen molar-refractivity contribution in [3.05, 3.63) is 11.8 Å². The summed E-state index contributed by atoms with van der Waals surface area (Å²) in [6, 6.07) is 0. The van der Waals surface area contributed by atoms with Gasteiger partial charge in [-0.2, -0.15) is 0 Å². The third-order valence-corrected chi connectivity index (χ3v) is 2.54. The molecule has 0 aromatic carbocycles. The molecule has 0 heterocycles. The van der Waals surface area contributed by atoms with Gasteiger partial charge in [0.1, 0.15) is 0 Å². The lowest BCUT2D eigenvalue weighted by molar-refractivity contribution is -0.201. The summed E-state index contributed by atoms with van der Waals surface area (Å²) in [5.74, 6) is -0.340. The fourth-order valence-corrected chi connectivity index (χ4v) is 1.06. The SMILES string of the molecule is C=C([SiH3])COC(C)(N(C)C)N(C)C. The number of ether oxygens (including phenoxy) is 1. The van der Waals surface area contributed by atoms with Crippen LogP contribution in [0.1, 0.15) is 6.92 Å². The Balaban J connectivity index is 4.33. The highest BCUT2D eigenvalue weighted by atomic mass is 28.1. The van der Waals surface area contributed by atoms with E-state index in [2.05, 4.69) is 23.3 Å². The van der Waals surface area contributed by atoms with Gasteiger partial charge in [0.25, 0.3) is 0 Å². The van der Waals surface area contributed by atoms with Crippen molar-refractivity contribution in [3.8, 4) is 0 Å². The molecule has 0 aliphatic carbocycles. The molecule has 13 heavy (non-hydrogen) atoms. The van der Waals surface area contributed by atoms with Crippen molar-refractivity contribution in [1.82, 2.24) is 9.80 Å². The highest BCUT2D eigenvalue weighted by molar-refractivity contribution is 6.21. The van der Waals surface area contributed by atoms with E-state index in [1.165, 1.54) is 5.20 Å². The van der Waals surface area contributed by atoms with Crippen LogP contribution in [0.3, 0.4) is 0 Å². The van der Waals surface area contributed by atoms with Gasteiger partial charge in [-0.3, -0.25) is 9.80 Å². The second-order valence-corrected chi connectivity index (χ2v) is 5.38. The van der Waals surface area contributed by atoms with Crippen LogP contribution < -0.4 is 0 Å². The van der Waals surface area contributed by atoms with Crippen molar-refractivity contribution in [2.24, 2.45) is 0 Å². The molecule has 0 rings (SSSR count). The van der Waals surface area contributed by atoms with Gasteiger partial charge in [0.2, 0.25) is 0 Å². The van der Waals surface area contributed by atoms with E-state index >= 15 is 0 Å². The van der Waals surface area contributed by atoms with Crippen LogP contribution in [0, 0.1) is 0 Å². The molecule has 0 unspecified atom stereocenters. The van der Waals surface area contributed by atoms with E-state index in [9.17, 15) is 0 Å². The molecule has 0 amide bonds. The summed E-state index contributed by atoms with van der Waals surface area (Å²) in [5, 5.41) is 1.18. The Kier molecular flexibility index (Phi) is 4.84. The third kappa shape index (κ3) is 3.60. The monoisotopic (exact) mass is 202 g/mol. The molecule has 0 radical (unpaired) electrons. The maximum Gasteiger partial charge on any atom is 0.176 e. The molecular weight excluding hydrogens is 180 g/mol. The van der Waals surface area contributed by atoms with Crippen LogP contribution in [0.5, 0.6) is 0 Å². The van der Waals surface area contributed by atoms with E-state index in [-0.39, 0.29) is 5.85 Å². The van der Waals surface area contributed by atoms with E-state index < -0.39 is 0 Å². The molecule has 0 fully saturated rings. The van der Waals surface area contributed by atoms with Crippen LogP contribution in [-0.2, 0) is 4.74 Å². The van der Waals surface area contributed by atoms with Crippen LogP contribution in [0.25, 0.3) is 0 Å². The third-order valence-electron chi connectivity index (χ3n) is 2.25. The first-order chi connectivity index (χ1) is 5.80. The highest BCUT2D eigenvalue weighted by Crippen LogP contribution is 2.16. The van der Waals surface area contributed by atoms with Gasteiger partial charge < -0.3 is 4.74 Å². The van der Waals surface area contributed by atoms with Crippen LogP contribution in [-0.4, -0.2) is 60.7 Å². The van der Waals surface area contributed by atoms with Crippen molar-refractivity contribution < 1.29 is 4.74 Å². The quantitative estimate of drug-likeness (QED) is 0.449. The lowest BCUT2D eigenvalue weighted by atomic mass is 10.4. The summed E-state index contributed by atoms with van der Waals surface area (Å²) in [6.07, 6.45) is 0. The highest BCUT2D eigenvalue weighted by Gasteiger charge is 2.30. The van der Waals surface area contributed by atoms with Gasteiger partial charge in [-0.05, 0) is 35.1 Å². The van der Waals surface area contributed by atoms with Crippen LogP contribution >= 0.6 is 0 Å². The molecule has 78 valence electrons. The van der Waals surface area contributed by atoms with Crippen molar-refractivity contribution in [1.29, 1.82) is 0 Å². The number of nitrogens with zero attached hydrogens (tertiary/aromatic N) is 2. The molecule has 0 N–H and O–H groups in total. The number of hydrogen-bond donors (Lipinski definition) is 0. The Morgan fingerprint density at radius 2 is 1.69 bits per heavy atom. The van der Waals surface area contributed by atoms with Gasteiger partial charge >= 0.3 is 0 Å². The first-order valence-electron chi connectivity index (χ1n) is 4.44. The fraction of sp³-hybridized carbons (Fsp3) is 0.778. The molecule has 0 aromatic rings. The molecule has 0 bridgehead atoms. The maximum absolute atomic E-state index is 5.80. The lowest BCUT2D eigenvalue weighted by Crippen LogP contribution is -2.55. The van der Waals surface area contributed by atoms with Gasteiger partial charge in [0, 0.05) is 10.2 Å². The van der Waals surface area contributed by atoms with E-state index in [1.54, 1.807) is 0 Å². The smallest absolute Gasteiger partial charge is 0.176 e.